The van der Waals surface area contributed by atoms with Crippen LogP contribution in [0, 0.1) is 5.82 Å². The number of rotatable bonds is 6. The molecule has 4 rings (SSSR count). The molecule has 2 aromatic carbocycles. The van der Waals surface area contributed by atoms with E-state index < -0.39 is 29.4 Å². The van der Waals surface area contributed by atoms with Crippen molar-refractivity contribution in [1.29, 1.82) is 0 Å². The summed E-state index contributed by atoms with van der Waals surface area (Å²) in [6, 6.07) is 10.9. The van der Waals surface area contributed by atoms with E-state index in [1.54, 1.807) is 0 Å². The molecule has 0 saturated heterocycles. The summed E-state index contributed by atoms with van der Waals surface area (Å²) in [7, 11) is 0. The lowest BCUT2D eigenvalue weighted by Gasteiger charge is -2.36. The minimum atomic E-state index is -0.751. The molecule has 2 aromatic rings. The van der Waals surface area contributed by atoms with E-state index in [0.717, 1.165) is 17.2 Å². The molecule has 33 heavy (non-hydrogen) atoms. The smallest absolute Gasteiger partial charge is 0.251 e. The normalized spacial score (nSPS) is 21.5. The Hall–Kier alpha value is -3.26. The van der Waals surface area contributed by atoms with Crippen molar-refractivity contribution in [2.75, 3.05) is 0 Å². The zero-order valence-corrected chi connectivity index (χ0v) is 18.8. The van der Waals surface area contributed by atoms with E-state index in [4.69, 9.17) is 5.73 Å². The number of carbonyl (C=O) groups excluding carboxylic acids is 2. The van der Waals surface area contributed by atoms with Crippen LogP contribution in [0.4, 0.5) is 4.39 Å². The van der Waals surface area contributed by atoms with Crippen LogP contribution >= 0.6 is 0 Å². The van der Waals surface area contributed by atoms with Gasteiger partial charge in [-0.1, -0.05) is 38.1 Å². The largest absolute Gasteiger partial charge is 0.390 e. The third-order valence-electron chi connectivity index (χ3n) is 6.78. The molecule has 7 nitrogen and oxygen atoms in total. The van der Waals surface area contributed by atoms with E-state index in [-0.39, 0.29) is 30.4 Å². The molecule has 8 heteroatoms. The van der Waals surface area contributed by atoms with E-state index in [2.05, 4.69) is 10.3 Å². The highest BCUT2D eigenvalue weighted by Crippen LogP contribution is 2.32. The average Bonchev–Trinajstić information content (AvgIpc) is 3.10. The Morgan fingerprint density at radius 2 is 2.00 bits per heavy atom. The minimum absolute atomic E-state index is 0.0185. The minimum Gasteiger partial charge on any atom is -0.390 e. The second-order valence-corrected chi connectivity index (χ2v) is 8.83. The maximum absolute atomic E-state index is 14.4. The molecule has 0 spiro atoms. The molecule has 0 radical (unpaired) electrons. The highest BCUT2D eigenvalue weighted by atomic mass is 19.1. The van der Waals surface area contributed by atoms with Crippen LogP contribution in [0.3, 0.4) is 0 Å². The number of hydrogen-bond acceptors (Lipinski definition) is 5. The average molecular weight is 453 g/mol. The first-order valence-corrected chi connectivity index (χ1v) is 11.3. The Bertz CT molecular complexity index is 1110. The van der Waals surface area contributed by atoms with E-state index in [9.17, 15) is 19.1 Å². The van der Waals surface area contributed by atoms with Crippen molar-refractivity contribution in [3.63, 3.8) is 0 Å². The molecule has 0 unspecified atom stereocenters. The quantitative estimate of drug-likeness (QED) is 0.626. The number of nitrogens with one attached hydrogen (secondary N) is 1. The van der Waals surface area contributed by atoms with Gasteiger partial charge in [-0.2, -0.15) is 0 Å². The maximum Gasteiger partial charge on any atom is 0.251 e. The van der Waals surface area contributed by atoms with Gasteiger partial charge in [0, 0.05) is 12.0 Å². The van der Waals surface area contributed by atoms with Gasteiger partial charge in [-0.25, -0.2) is 9.38 Å². The van der Waals surface area contributed by atoms with Crippen molar-refractivity contribution in [3.8, 4) is 0 Å². The standard InChI is InChI=1S/C25H29FN4O3/c1-3-25(4-2)13-21(32)30(24(27)29-25)14-15-9-17(11-18(26)10-15)23(33)28-22-19-8-6-5-7-16(19)12-20(22)31/h5-11,20,22,31H,3-4,12-14H2,1-2H3,(H2,27,29)(H,28,33)/t20-,22-/m1/s1. The predicted molar refractivity (Wildman–Crippen MR) is 123 cm³/mol. The number of carbonyl (C=O) groups is 2. The molecular formula is C25H29FN4O3. The van der Waals surface area contributed by atoms with Crippen LogP contribution in [0.1, 0.15) is 66.2 Å². The Labute approximate surface area is 192 Å². The highest BCUT2D eigenvalue weighted by molar-refractivity contribution is 5.99. The third kappa shape index (κ3) is 4.48. The maximum atomic E-state index is 14.4. The Kier molecular flexibility index (Phi) is 6.21. The van der Waals surface area contributed by atoms with Gasteiger partial charge in [-0.15, -0.1) is 0 Å². The molecular weight excluding hydrogens is 423 g/mol. The van der Waals surface area contributed by atoms with Gasteiger partial charge in [-0.3, -0.25) is 14.5 Å². The van der Waals surface area contributed by atoms with Crippen molar-refractivity contribution in [1.82, 2.24) is 10.2 Å². The fourth-order valence-electron chi connectivity index (χ4n) is 4.70. The van der Waals surface area contributed by atoms with E-state index >= 15 is 0 Å². The molecule has 1 aliphatic heterocycles. The molecule has 2 atom stereocenters. The van der Waals surface area contributed by atoms with E-state index in [0.29, 0.717) is 24.8 Å². The highest BCUT2D eigenvalue weighted by Gasteiger charge is 2.37. The fourth-order valence-corrected chi connectivity index (χ4v) is 4.70. The van der Waals surface area contributed by atoms with Gasteiger partial charge in [0.1, 0.15) is 5.82 Å². The summed E-state index contributed by atoms with van der Waals surface area (Å²) in [6.45, 7) is 3.96. The topological polar surface area (TPSA) is 108 Å². The molecule has 1 aliphatic carbocycles. The van der Waals surface area contributed by atoms with Crippen molar-refractivity contribution in [2.24, 2.45) is 10.7 Å². The zero-order valence-electron chi connectivity index (χ0n) is 18.8. The van der Waals surface area contributed by atoms with E-state index in [1.165, 1.54) is 17.0 Å². The van der Waals surface area contributed by atoms with Crippen molar-refractivity contribution >= 4 is 17.8 Å². The van der Waals surface area contributed by atoms with Gasteiger partial charge in [0.05, 0.1) is 30.7 Å². The molecule has 0 fully saturated rings. The van der Waals surface area contributed by atoms with Crippen molar-refractivity contribution in [3.05, 3.63) is 70.5 Å². The SMILES string of the molecule is CCC1(CC)CC(=O)N(Cc2cc(F)cc(C(=O)N[C@@H]3c4ccccc4C[C@H]3O)c2)C(N)=N1. The van der Waals surface area contributed by atoms with Crippen LogP contribution in [-0.4, -0.2) is 39.4 Å². The number of guanidine groups is 1. The number of benzene rings is 2. The summed E-state index contributed by atoms with van der Waals surface area (Å²) in [6.07, 6.45) is 1.33. The number of aliphatic hydroxyl groups excluding tert-OH is 1. The molecule has 4 N–H and O–H groups in total. The number of fused-ring (bicyclic) bond motifs is 1. The molecule has 0 aromatic heterocycles. The molecule has 2 aliphatic rings. The van der Waals surface area contributed by atoms with Crippen LogP contribution in [0.2, 0.25) is 0 Å². The van der Waals surface area contributed by atoms with Crippen LogP contribution in [0.25, 0.3) is 0 Å². The summed E-state index contributed by atoms with van der Waals surface area (Å²) in [5.41, 5.74) is 7.98. The second kappa shape index (κ2) is 8.94. The molecule has 0 saturated carbocycles. The lowest BCUT2D eigenvalue weighted by Crippen LogP contribution is -2.50. The molecule has 1 heterocycles. The number of nitrogens with two attached hydrogens (primary N) is 1. The Morgan fingerprint density at radius 1 is 1.27 bits per heavy atom. The number of aliphatic imine (C=N–C) groups is 1. The molecule has 174 valence electrons. The van der Waals surface area contributed by atoms with Gasteiger partial charge >= 0.3 is 0 Å². The molecule has 2 amide bonds. The first kappa shape index (κ1) is 22.9. The predicted octanol–water partition coefficient (Wildman–Crippen LogP) is 2.82. The van der Waals surface area contributed by atoms with Gasteiger partial charge in [0.15, 0.2) is 5.96 Å². The van der Waals surface area contributed by atoms with Crippen LogP contribution in [0.5, 0.6) is 0 Å². The summed E-state index contributed by atoms with van der Waals surface area (Å²) >= 11 is 0. The van der Waals surface area contributed by atoms with Gasteiger partial charge < -0.3 is 16.2 Å². The summed E-state index contributed by atoms with van der Waals surface area (Å²) in [5.74, 6) is -1.16. The molecule has 0 bridgehead atoms. The monoisotopic (exact) mass is 452 g/mol. The number of nitrogens with zero attached hydrogens (tertiary/aromatic N) is 2. The number of halogens is 1. The zero-order chi connectivity index (χ0) is 23.8. The van der Waals surface area contributed by atoms with Crippen LogP contribution in [0.15, 0.2) is 47.5 Å². The van der Waals surface area contributed by atoms with Gasteiger partial charge in [0.25, 0.3) is 5.91 Å². The van der Waals surface area contributed by atoms with Gasteiger partial charge in [-0.05, 0) is 47.7 Å². The fraction of sp³-hybridized carbons (Fsp3) is 0.400. The second-order valence-electron chi connectivity index (χ2n) is 8.83. The number of amides is 2. The number of aliphatic hydroxyl groups is 1. The Morgan fingerprint density at radius 3 is 2.70 bits per heavy atom. The van der Waals surface area contributed by atoms with Crippen molar-refractivity contribution in [2.45, 2.75) is 63.8 Å². The number of hydrogen-bond donors (Lipinski definition) is 3. The van der Waals surface area contributed by atoms with Crippen LogP contribution in [-0.2, 0) is 17.8 Å². The first-order valence-electron chi connectivity index (χ1n) is 11.3. The summed E-state index contributed by atoms with van der Waals surface area (Å²) < 4.78 is 14.4. The third-order valence-corrected chi connectivity index (χ3v) is 6.78. The summed E-state index contributed by atoms with van der Waals surface area (Å²) in [4.78, 5) is 31.6. The van der Waals surface area contributed by atoms with Crippen molar-refractivity contribution < 1.29 is 19.1 Å². The Balaban J connectivity index is 1.54. The van der Waals surface area contributed by atoms with Crippen LogP contribution < -0.4 is 11.1 Å². The lowest BCUT2D eigenvalue weighted by atomic mass is 9.88. The van der Waals surface area contributed by atoms with E-state index in [1.807, 2.05) is 38.1 Å². The first-order chi connectivity index (χ1) is 15.7. The lowest BCUT2D eigenvalue weighted by molar-refractivity contribution is -0.130. The summed E-state index contributed by atoms with van der Waals surface area (Å²) in [5, 5.41) is 13.2. The van der Waals surface area contributed by atoms with Gasteiger partial charge in [0.2, 0.25) is 5.91 Å².